The van der Waals surface area contributed by atoms with Gasteiger partial charge in [0.1, 0.15) is 0 Å². The van der Waals surface area contributed by atoms with Crippen LogP contribution >= 0.6 is 11.6 Å². The van der Waals surface area contributed by atoms with E-state index in [0.717, 1.165) is 69.1 Å². The number of ether oxygens (including phenoxy) is 1. The molecule has 0 spiro atoms. The Kier molecular flexibility index (Phi) is 6.30. The average molecular weight is 456 g/mol. The third-order valence-corrected chi connectivity index (χ3v) is 6.58. The first-order valence-electron chi connectivity index (χ1n) is 10.5. The van der Waals surface area contributed by atoms with Crippen LogP contribution in [0.5, 0.6) is 0 Å². The van der Waals surface area contributed by atoms with Gasteiger partial charge in [-0.15, -0.1) is 0 Å². The van der Waals surface area contributed by atoms with E-state index in [-0.39, 0.29) is 16.6 Å². The molecular formula is C22H25ClF3N3O2. The summed E-state index contributed by atoms with van der Waals surface area (Å²) < 4.78 is 46.5. The summed E-state index contributed by atoms with van der Waals surface area (Å²) in [5, 5.41) is 7.57. The van der Waals surface area contributed by atoms with E-state index in [4.69, 9.17) is 21.4 Å². The zero-order valence-corrected chi connectivity index (χ0v) is 18.0. The highest BCUT2D eigenvalue weighted by Gasteiger charge is 2.32. The fourth-order valence-corrected chi connectivity index (χ4v) is 4.70. The van der Waals surface area contributed by atoms with E-state index in [1.807, 2.05) is 6.92 Å². The maximum absolute atomic E-state index is 13.0. The molecule has 168 valence electrons. The number of amides is 1. The summed E-state index contributed by atoms with van der Waals surface area (Å²) in [6.45, 7) is 4.19. The van der Waals surface area contributed by atoms with Crippen LogP contribution in [0.4, 0.5) is 13.2 Å². The Morgan fingerprint density at radius 2 is 2.03 bits per heavy atom. The number of hydrogen-bond donors (Lipinski definition) is 1. The van der Waals surface area contributed by atoms with Gasteiger partial charge >= 0.3 is 6.18 Å². The smallest absolute Gasteiger partial charge is 0.376 e. The van der Waals surface area contributed by atoms with Crippen LogP contribution in [0.1, 0.15) is 58.6 Å². The third-order valence-electron chi connectivity index (χ3n) is 6.25. The number of rotatable bonds is 4. The molecular weight excluding hydrogens is 431 g/mol. The van der Waals surface area contributed by atoms with Crippen molar-refractivity contribution < 1.29 is 22.7 Å². The summed E-state index contributed by atoms with van der Waals surface area (Å²) in [5.41, 5.74) is 2.46. The van der Waals surface area contributed by atoms with Crippen LogP contribution in [0.2, 0.25) is 5.02 Å². The molecule has 31 heavy (non-hydrogen) atoms. The summed E-state index contributed by atoms with van der Waals surface area (Å²) in [4.78, 5) is 12.6. The number of fused-ring (bicyclic) bond motifs is 1. The lowest BCUT2D eigenvalue weighted by Gasteiger charge is -2.29. The van der Waals surface area contributed by atoms with E-state index in [0.29, 0.717) is 12.5 Å². The number of benzene rings is 1. The highest BCUT2D eigenvalue weighted by molar-refractivity contribution is 6.33. The molecule has 5 nitrogen and oxygen atoms in total. The Labute approximate surface area is 183 Å². The Balaban J connectivity index is 1.34. The summed E-state index contributed by atoms with van der Waals surface area (Å²) >= 11 is 5.99. The SMILES string of the molecule is Cc1nn(CC2CCC(NC(=O)c3cc(C(F)(F)F)ccc3Cl)CC2)c2c1COCC2. The molecule has 0 bridgehead atoms. The Morgan fingerprint density at radius 3 is 2.74 bits per heavy atom. The van der Waals surface area contributed by atoms with Crippen LogP contribution in [0, 0.1) is 12.8 Å². The molecule has 1 aromatic carbocycles. The molecule has 1 N–H and O–H groups in total. The monoisotopic (exact) mass is 455 g/mol. The van der Waals surface area contributed by atoms with E-state index in [1.165, 1.54) is 11.3 Å². The second kappa shape index (κ2) is 8.82. The van der Waals surface area contributed by atoms with Crippen molar-refractivity contribution in [3.63, 3.8) is 0 Å². The van der Waals surface area contributed by atoms with Crippen LogP contribution in [0.25, 0.3) is 0 Å². The number of nitrogens with one attached hydrogen (secondary N) is 1. The molecule has 0 saturated heterocycles. The predicted molar refractivity (Wildman–Crippen MR) is 110 cm³/mol. The molecule has 0 atom stereocenters. The molecule has 2 heterocycles. The van der Waals surface area contributed by atoms with Crippen LogP contribution < -0.4 is 5.32 Å². The minimum atomic E-state index is -4.52. The number of aryl methyl sites for hydroxylation is 1. The molecule has 1 aliphatic heterocycles. The molecule has 2 aliphatic rings. The van der Waals surface area contributed by atoms with Crippen molar-refractivity contribution in [1.82, 2.24) is 15.1 Å². The normalized spacial score (nSPS) is 21.6. The number of halogens is 4. The molecule has 9 heteroatoms. The first-order chi connectivity index (χ1) is 14.7. The van der Waals surface area contributed by atoms with Crippen LogP contribution in [-0.4, -0.2) is 28.3 Å². The molecule has 1 fully saturated rings. The summed E-state index contributed by atoms with van der Waals surface area (Å²) in [5.74, 6) is -0.104. The van der Waals surface area contributed by atoms with E-state index >= 15 is 0 Å². The highest BCUT2D eigenvalue weighted by atomic mass is 35.5. The Morgan fingerprint density at radius 1 is 1.29 bits per heavy atom. The van der Waals surface area contributed by atoms with Gasteiger partial charge in [0, 0.05) is 30.3 Å². The van der Waals surface area contributed by atoms with Crippen LogP contribution in [0.3, 0.4) is 0 Å². The molecule has 1 amide bonds. The van der Waals surface area contributed by atoms with Crippen molar-refractivity contribution in [1.29, 1.82) is 0 Å². The van der Waals surface area contributed by atoms with Crippen molar-refractivity contribution in [3.8, 4) is 0 Å². The van der Waals surface area contributed by atoms with Gasteiger partial charge in [-0.2, -0.15) is 18.3 Å². The maximum atomic E-state index is 13.0. The molecule has 1 aromatic heterocycles. The van der Waals surface area contributed by atoms with Crippen LogP contribution in [0.15, 0.2) is 18.2 Å². The number of nitrogens with zero attached hydrogens (tertiary/aromatic N) is 2. The van der Waals surface area contributed by atoms with Gasteiger partial charge in [0.25, 0.3) is 5.91 Å². The van der Waals surface area contributed by atoms with Gasteiger partial charge in [0.2, 0.25) is 0 Å². The van der Waals surface area contributed by atoms with E-state index in [2.05, 4.69) is 10.00 Å². The zero-order valence-electron chi connectivity index (χ0n) is 17.3. The lowest BCUT2D eigenvalue weighted by atomic mass is 9.85. The number of aromatic nitrogens is 2. The van der Waals surface area contributed by atoms with Crippen molar-refractivity contribution in [2.45, 2.75) is 64.4 Å². The standard InChI is InChI=1S/C22H25ClF3N3O2/c1-13-18-12-31-9-8-20(18)29(28-13)11-14-2-5-16(6-3-14)27-21(30)17-10-15(22(24,25)26)4-7-19(17)23/h4,7,10,14,16H,2-3,5-6,8-9,11-12H2,1H3,(H,27,30). The largest absolute Gasteiger partial charge is 0.416 e. The molecule has 0 radical (unpaired) electrons. The second-order valence-electron chi connectivity index (χ2n) is 8.38. The second-order valence-corrected chi connectivity index (χ2v) is 8.79. The molecule has 1 aliphatic carbocycles. The van der Waals surface area contributed by atoms with E-state index in [9.17, 15) is 18.0 Å². The van der Waals surface area contributed by atoms with Gasteiger partial charge in [-0.25, -0.2) is 0 Å². The quantitative estimate of drug-likeness (QED) is 0.711. The topological polar surface area (TPSA) is 56.2 Å². The summed E-state index contributed by atoms with van der Waals surface area (Å²) in [6, 6.07) is 2.74. The number of alkyl halides is 3. The summed E-state index contributed by atoms with van der Waals surface area (Å²) in [7, 11) is 0. The van der Waals surface area contributed by atoms with Gasteiger partial charge < -0.3 is 10.1 Å². The fourth-order valence-electron chi connectivity index (χ4n) is 4.50. The van der Waals surface area contributed by atoms with Crippen molar-refractivity contribution in [2.24, 2.45) is 5.92 Å². The first kappa shape index (κ1) is 22.1. The van der Waals surface area contributed by atoms with Crippen molar-refractivity contribution in [2.75, 3.05) is 6.61 Å². The number of hydrogen-bond acceptors (Lipinski definition) is 3. The van der Waals surface area contributed by atoms with Crippen molar-refractivity contribution >= 4 is 17.5 Å². The lowest BCUT2D eigenvalue weighted by Crippen LogP contribution is -2.38. The molecule has 1 saturated carbocycles. The zero-order chi connectivity index (χ0) is 22.2. The van der Waals surface area contributed by atoms with Crippen molar-refractivity contribution in [3.05, 3.63) is 51.3 Å². The molecule has 0 unspecified atom stereocenters. The Hall–Kier alpha value is -2.06. The maximum Gasteiger partial charge on any atom is 0.416 e. The fraction of sp³-hybridized carbons (Fsp3) is 0.545. The third kappa shape index (κ3) is 4.90. The van der Waals surface area contributed by atoms with E-state index < -0.39 is 17.6 Å². The van der Waals surface area contributed by atoms with Gasteiger partial charge in [-0.05, 0) is 56.7 Å². The highest BCUT2D eigenvalue weighted by Crippen LogP contribution is 2.32. The lowest BCUT2D eigenvalue weighted by molar-refractivity contribution is -0.137. The average Bonchev–Trinajstić information content (AvgIpc) is 3.04. The minimum Gasteiger partial charge on any atom is -0.376 e. The van der Waals surface area contributed by atoms with Crippen LogP contribution in [-0.2, 0) is 30.5 Å². The van der Waals surface area contributed by atoms with Gasteiger partial charge in [-0.1, -0.05) is 11.6 Å². The van der Waals surface area contributed by atoms with Gasteiger partial charge in [-0.3, -0.25) is 9.48 Å². The minimum absolute atomic E-state index is 0.0157. The Bertz CT molecular complexity index is 966. The molecule has 2 aromatic rings. The van der Waals surface area contributed by atoms with Gasteiger partial charge in [0.05, 0.1) is 35.1 Å². The predicted octanol–water partition coefficient (Wildman–Crippen LogP) is 4.93. The number of carbonyl (C=O) groups excluding carboxylic acids is 1. The first-order valence-corrected chi connectivity index (χ1v) is 10.9. The number of carbonyl (C=O) groups is 1. The molecule has 4 rings (SSSR count). The summed E-state index contributed by atoms with van der Waals surface area (Å²) in [6.07, 6.45) is -0.249. The van der Waals surface area contributed by atoms with E-state index in [1.54, 1.807) is 0 Å². The van der Waals surface area contributed by atoms with Gasteiger partial charge in [0.15, 0.2) is 0 Å².